The zero-order valence-corrected chi connectivity index (χ0v) is 15.4. The van der Waals surface area contributed by atoms with E-state index in [2.05, 4.69) is 4.90 Å². The molecule has 1 aromatic carbocycles. The highest BCUT2D eigenvalue weighted by Crippen LogP contribution is 2.14. The summed E-state index contributed by atoms with van der Waals surface area (Å²) in [4.78, 5) is 2.54. The van der Waals surface area contributed by atoms with Gasteiger partial charge in [-0.15, -0.1) is 0 Å². The van der Waals surface area contributed by atoms with E-state index in [0.717, 1.165) is 37.1 Å². The van der Waals surface area contributed by atoms with Gasteiger partial charge in [0.15, 0.2) is 0 Å². The lowest BCUT2D eigenvalue weighted by Crippen LogP contribution is -2.26. The fourth-order valence-corrected chi connectivity index (χ4v) is 3.29. The molecule has 1 fully saturated rings. The minimum atomic E-state index is -3.36. The van der Waals surface area contributed by atoms with Crippen LogP contribution in [-0.2, 0) is 20.7 Å². The molecule has 24 heavy (non-hydrogen) atoms. The molecule has 2 rings (SSSR count). The normalized spacial score (nSPS) is 16.7. The van der Waals surface area contributed by atoms with Gasteiger partial charge in [-0.1, -0.05) is 25.0 Å². The van der Waals surface area contributed by atoms with Crippen LogP contribution in [0, 0.1) is 0 Å². The number of benzene rings is 1. The van der Waals surface area contributed by atoms with Crippen LogP contribution in [0.25, 0.3) is 0 Å². The van der Waals surface area contributed by atoms with Crippen molar-refractivity contribution in [3.63, 3.8) is 0 Å². The van der Waals surface area contributed by atoms with E-state index in [0.29, 0.717) is 6.42 Å². The SMILES string of the molecule is CS(=O)(=O)OCCc1ccc(OCCCN2CCCCCC2)cc1. The number of nitrogens with zero attached hydrogens (tertiary/aromatic N) is 1. The minimum Gasteiger partial charge on any atom is -0.494 e. The third-order valence-corrected chi connectivity index (χ3v) is 4.79. The first kappa shape index (κ1) is 19.2. The molecule has 1 aliphatic rings. The summed E-state index contributed by atoms with van der Waals surface area (Å²) in [6.45, 7) is 4.47. The van der Waals surface area contributed by atoms with Gasteiger partial charge in [-0.05, 0) is 56.5 Å². The fraction of sp³-hybridized carbons (Fsp3) is 0.667. The molecular formula is C18H29NO4S. The highest BCUT2D eigenvalue weighted by atomic mass is 32.2. The smallest absolute Gasteiger partial charge is 0.264 e. The molecule has 0 unspecified atom stereocenters. The lowest BCUT2D eigenvalue weighted by atomic mass is 10.1. The zero-order valence-electron chi connectivity index (χ0n) is 14.6. The standard InChI is InChI=1S/C18H29NO4S/c1-24(20,21)23-16-11-17-7-9-18(10-8-17)22-15-6-14-19-12-4-2-3-5-13-19/h7-10H,2-6,11-16H2,1H3. The molecule has 0 N–H and O–H groups in total. The summed E-state index contributed by atoms with van der Waals surface area (Å²) < 4.78 is 32.4. The molecule has 0 amide bonds. The van der Waals surface area contributed by atoms with Crippen LogP contribution in [0.5, 0.6) is 5.75 Å². The largest absolute Gasteiger partial charge is 0.494 e. The molecule has 5 nitrogen and oxygen atoms in total. The second-order valence-electron chi connectivity index (χ2n) is 6.38. The van der Waals surface area contributed by atoms with E-state index >= 15 is 0 Å². The molecule has 1 aromatic rings. The van der Waals surface area contributed by atoms with E-state index in [1.54, 1.807) is 0 Å². The van der Waals surface area contributed by atoms with Crippen molar-refractivity contribution in [1.82, 2.24) is 4.90 Å². The maximum atomic E-state index is 10.9. The average molecular weight is 356 g/mol. The Morgan fingerprint density at radius 2 is 1.67 bits per heavy atom. The maximum absolute atomic E-state index is 10.9. The number of hydrogen-bond donors (Lipinski definition) is 0. The van der Waals surface area contributed by atoms with E-state index in [-0.39, 0.29) is 6.61 Å². The van der Waals surface area contributed by atoms with Crippen LogP contribution in [0.4, 0.5) is 0 Å². The van der Waals surface area contributed by atoms with Gasteiger partial charge in [0.1, 0.15) is 5.75 Å². The summed E-state index contributed by atoms with van der Waals surface area (Å²) in [6.07, 6.45) is 8.07. The lowest BCUT2D eigenvalue weighted by Gasteiger charge is -2.19. The van der Waals surface area contributed by atoms with Crippen molar-refractivity contribution >= 4 is 10.1 Å². The van der Waals surface area contributed by atoms with Gasteiger partial charge in [-0.3, -0.25) is 4.18 Å². The predicted octanol–water partition coefficient (Wildman–Crippen LogP) is 2.85. The van der Waals surface area contributed by atoms with Gasteiger partial charge in [0, 0.05) is 6.54 Å². The first-order chi connectivity index (χ1) is 11.5. The van der Waals surface area contributed by atoms with Crippen LogP contribution in [0.2, 0.25) is 0 Å². The lowest BCUT2D eigenvalue weighted by molar-refractivity contribution is 0.240. The molecule has 0 spiro atoms. The third-order valence-electron chi connectivity index (χ3n) is 4.20. The number of ether oxygens (including phenoxy) is 1. The van der Waals surface area contributed by atoms with Crippen molar-refractivity contribution in [3.8, 4) is 5.75 Å². The summed E-state index contributed by atoms with van der Waals surface area (Å²) in [5, 5.41) is 0. The summed E-state index contributed by atoms with van der Waals surface area (Å²) in [5.74, 6) is 0.860. The van der Waals surface area contributed by atoms with Crippen LogP contribution >= 0.6 is 0 Å². The van der Waals surface area contributed by atoms with Crippen molar-refractivity contribution in [2.45, 2.75) is 38.5 Å². The van der Waals surface area contributed by atoms with E-state index < -0.39 is 10.1 Å². The van der Waals surface area contributed by atoms with Gasteiger partial charge in [0.25, 0.3) is 10.1 Å². The highest BCUT2D eigenvalue weighted by molar-refractivity contribution is 7.85. The molecule has 1 aliphatic heterocycles. The average Bonchev–Trinajstić information content (AvgIpc) is 2.80. The summed E-state index contributed by atoms with van der Waals surface area (Å²) in [7, 11) is -3.36. The minimum absolute atomic E-state index is 0.175. The van der Waals surface area contributed by atoms with Gasteiger partial charge < -0.3 is 9.64 Å². The topological polar surface area (TPSA) is 55.8 Å². The monoisotopic (exact) mass is 355 g/mol. The number of rotatable bonds is 9. The van der Waals surface area contributed by atoms with Crippen LogP contribution < -0.4 is 4.74 Å². The molecule has 0 radical (unpaired) electrons. The quantitative estimate of drug-likeness (QED) is 0.504. The van der Waals surface area contributed by atoms with Crippen LogP contribution in [0.15, 0.2) is 24.3 Å². The van der Waals surface area contributed by atoms with Crippen LogP contribution in [0.3, 0.4) is 0 Å². The Balaban J connectivity index is 1.62. The van der Waals surface area contributed by atoms with Gasteiger partial charge >= 0.3 is 0 Å². The molecule has 1 saturated heterocycles. The van der Waals surface area contributed by atoms with E-state index in [4.69, 9.17) is 8.92 Å². The molecule has 1 heterocycles. The molecule has 136 valence electrons. The van der Waals surface area contributed by atoms with Crippen molar-refractivity contribution in [3.05, 3.63) is 29.8 Å². The maximum Gasteiger partial charge on any atom is 0.264 e. The van der Waals surface area contributed by atoms with Crippen LogP contribution in [0.1, 0.15) is 37.7 Å². The number of hydrogen-bond acceptors (Lipinski definition) is 5. The Morgan fingerprint density at radius 1 is 1.00 bits per heavy atom. The Morgan fingerprint density at radius 3 is 2.29 bits per heavy atom. The van der Waals surface area contributed by atoms with Gasteiger partial charge in [0.05, 0.1) is 19.5 Å². The summed E-state index contributed by atoms with van der Waals surface area (Å²) in [5.41, 5.74) is 1.04. The Hall–Kier alpha value is -1.11. The molecule has 0 aromatic heterocycles. The van der Waals surface area contributed by atoms with E-state index in [1.165, 1.54) is 38.8 Å². The van der Waals surface area contributed by atoms with E-state index in [9.17, 15) is 8.42 Å². The highest BCUT2D eigenvalue weighted by Gasteiger charge is 2.08. The Kier molecular flexibility index (Phi) is 8.02. The Labute approximate surface area is 146 Å². The fourth-order valence-electron chi connectivity index (χ4n) is 2.90. The molecular weight excluding hydrogens is 326 g/mol. The van der Waals surface area contributed by atoms with Gasteiger partial charge in [0.2, 0.25) is 0 Å². The third kappa shape index (κ3) is 8.13. The van der Waals surface area contributed by atoms with Crippen molar-refractivity contribution < 1.29 is 17.3 Å². The van der Waals surface area contributed by atoms with Gasteiger partial charge in [-0.2, -0.15) is 8.42 Å². The second-order valence-corrected chi connectivity index (χ2v) is 8.02. The zero-order chi connectivity index (χ0) is 17.3. The van der Waals surface area contributed by atoms with Crippen molar-refractivity contribution in [1.29, 1.82) is 0 Å². The van der Waals surface area contributed by atoms with Crippen molar-refractivity contribution in [2.24, 2.45) is 0 Å². The molecule has 6 heteroatoms. The molecule has 0 aliphatic carbocycles. The van der Waals surface area contributed by atoms with E-state index in [1.807, 2.05) is 24.3 Å². The molecule has 0 saturated carbocycles. The van der Waals surface area contributed by atoms with Gasteiger partial charge in [-0.25, -0.2) is 0 Å². The van der Waals surface area contributed by atoms with Crippen LogP contribution in [-0.4, -0.2) is 52.4 Å². The second kappa shape index (κ2) is 10.0. The molecule has 0 atom stereocenters. The Bertz CT molecular complexity index is 563. The number of likely N-dealkylation sites (tertiary alicyclic amines) is 1. The molecule has 0 bridgehead atoms. The van der Waals surface area contributed by atoms with Crippen molar-refractivity contribution in [2.75, 3.05) is 39.1 Å². The first-order valence-corrected chi connectivity index (χ1v) is 10.6. The first-order valence-electron chi connectivity index (χ1n) is 8.81. The summed E-state index contributed by atoms with van der Waals surface area (Å²) in [6, 6.07) is 7.77. The summed E-state index contributed by atoms with van der Waals surface area (Å²) >= 11 is 0. The predicted molar refractivity (Wildman–Crippen MR) is 96.0 cm³/mol.